The molecule has 0 atom stereocenters. The molecule has 0 amide bonds. The van der Waals surface area contributed by atoms with Crippen molar-refractivity contribution in [1.29, 1.82) is 0 Å². The number of benzene rings is 1. The molecule has 2 N–H and O–H groups in total. The van der Waals surface area contributed by atoms with Gasteiger partial charge in [-0.1, -0.05) is 6.07 Å². The number of ether oxygens (including phenoxy) is 1. The third-order valence-corrected chi connectivity index (χ3v) is 1.83. The summed E-state index contributed by atoms with van der Waals surface area (Å²) in [5.41, 5.74) is -0.991. The highest BCUT2D eigenvalue weighted by molar-refractivity contribution is 5.78. The summed E-state index contributed by atoms with van der Waals surface area (Å²) < 4.78 is 30.7. The van der Waals surface area contributed by atoms with E-state index in [0.29, 0.717) is 0 Å². The molecule has 0 aliphatic carbocycles. The predicted octanol–water partition coefficient (Wildman–Crippen LogP) is 1.58. The Morgan fingerprint density at radius 2 is 2.07 bits per heavy atom. The minimum absolute atomic E-state index is 0.201. The van der Waals surface area contributed by atoms with Crippen molar-refractivity contribution in [3.63, 3.8) is 0 Å². The molecule has 0 unspecified atom stereocenters. The van der Waals surface area contributed by atoms with Crippen LogP contribution in [0.5, 0.6) is 11.5 Å². The van der Waals surface area contributed by atoms with E-state index in [4.69, 9.17) is 5.11 Å². The zero-order valence-corrected chi connectivity index (χ0v) is 7.70. The van der Waals surface area contributed by atoms with Gasteiger partial charge >= 0.3 is 11.9 Å². The molecular formula is C9H8F2O4. The molecule has 1 aromatic rings. The van der Waals surface area contributed by atoms with Gasteiger partial charge in [-0.05, 0) is 12.1 Å². The standard InChI is InChI=1S/C9H8F2O4/c1-15-6-4-2-3-5(7(6)12)9(10,11)8(13)14/h2-4,12H,1H3,(H,13,14). The normalized spacial score (nSPS) is 11.1. The Labute approximate surface area is 83.7 Å². The van der Waals surface area contributed by atoms with Crippen LogP contribution in [-0.4, -0.2) is 23.3 Å². The van der Waals surface area contributed by atoms with Crippen LogP contribution in [0.15, 0.2) is 18.2 Å². The van der Waals surface area contributed by atoms with Crippen molar-refractivity contribution < 1.29 is 28.5 Å². The summed E-state index contributed by atoms with van der Waals surface area (Å²) in [7, 11) is 1.18. The molecule has 0 fully saturated rings. The lowest BCUT2D eigenvalue weighted by Crippen LogP contribution is -2.25. The van der Waals surface area contributed by atoms with Gasteiger partial charge in [0.1, 0.15) is 0 Å². The van der Waals surface area contributed by atoms with Crippen molar-refractivity contribution in [1.82, 2.24) is 0 Å². The largest absolute Gasteiger partial charge is 0.504 e. The number of para-hydroxylation sites is 1. The number of rotatable bonds is 3. The van der Waals surface area contributed by atoms with E-state index in [2.05, 4.69) is 4.74 Å². The van der Waals surface area contributed by atoms with Crippen LogP contribution in [-0.2, 0) is 10.7 Å². The van der Waals surface area contributed by atoms with E-state index in [-0.39, 0.29) is 5.75 Å². The van der Waals surface area contributed by atoms with Gasteiger partial charge in [-0.25, -0.2) is 4.79 Å². The number of aromatic hydroxyl groups is 1. The highest BCUT2D eigenvalue weighted by Gasteiger charge is 2.43. The second kappa shape index (κ2) is 3.72. The Bertz CT molecular complexity index is 390. The predicted molar refractivity (Wildman–Crippen MR) is 46.2 cm³/mol. The van der Waals surface area contributed by atoms with E-state index in [9.17, 15) is 18.7 Å². The van der Waals surface area contributed by atoms with Gasteiger partial charge in [0, 0.05) is 0 Å². The lowest BCUT2D eigenvalue weighted by atomic mass is 10.1. The van der Waals surface area contributed by atoms with Crippen LogP contribution in [0.1, 0.15) is 5.56 Å². The van der Waals surface area contributed by atoms with Crippen LogP contribution >= 0.6 is 0 Å². The Morgan fingerprint density at radius 3 is 2.53 bits per heavy atom. The zero-order valence-electron chi connectivity index (χ0n) is 7.70. The van der Waals surface area contributed by atoms with Crippen LogP contribution in [0.4, 0.5) is 8.78 Å². The van der Waals surface area contributed by atoms with Gasteiger partial charge in [-0.2, -0.15) is 8.78 Å². The molecular weight excluding hydrogens is 210 g/mol. The minimum Gasteiger partial charge on any atom is -0.504 e. The number of halogens is 2. The summed E-state index contributed by atoms with van der Waals surface area (Å²) in [6, 6.07) is 3.24. The smallest absolute Gasteiger partial charge is 0.379 e. The van der Waals surface area contributed by atoms with Gasteiger partial charge in [-0.3, -0.25) is 0 Å². The summed E-state index contributed by atoms with van der Waals surface area (Å²) >= 11 is 0. The molecule has 0 bridgehead atoms. The molecule has 15 heavy (non-hydrogen) atoms. The van der Waals surface area contributed by atoms with Crippen LogP contribution < -0.4 is 4.74 Å². The van der Waals surface area contributed by atoms with Crippen LogP contribution in [0.3, 0.4) is 0 Å². The summed E-state index contributed by atoms with van der Waals surface area (Å²) in [6.45, 7) is 0. The highest BCUT2D eigenvalue weighted by Crippen LogP contribution is 2.39. The maximum Gasteiger partial charge on any atom is 0.379 e. The molecule has 0 saturated heterocycles. The molecule has 0 aliphatic rings. The average Bonchev–Trinajstić information content (AvgIpc) is 2.17. The van der Waals surface area contributed by atoms with Crippen molar-refractivity contribution in [3.8, 4) is 11.5 Å². The quantitative estimate of drug-likeness (QED) is 0.808. The molecule has 1 aromatic carbocycles. The van der Waals surface area contributed by atoms with Crippen molar-refractivity contribution >= 4 is 5.97 Å². The fourth-order valence-corrected chi connectivity index (χ4v) is 1.06. The Kier molecular flexibility index (Phi) is 2.78. The van der Waals surface area contributed by atoms with Crippen LogP contribution in [0.25, 0.3) is 0 Å². The fourth-order valence-electron chi connectivity index (χ4n) is 1.06. The molecule has 0 aromatic heterocycles. The summed E-state index contributed by atoms with van der Waals surface area (Å²) in [5, 5.41) is 17.6. The number of alkyl halides is 2. The van der Waals surface area contributed by atoms with E-state index < -0.39 is 23.2 Å². The van der Waals surface area contributed by atoms with E-state index >= 15 is 0 Å². The number of hydrogen-bond donors (Lipinski definition) is 2. The van der Waals surface area contributed by atoms with Crippen molar-refractivity contribution in [3.05, 3.63) is 23.8 Å². The van der Waals surface area contributed by atoms with E-state index in [1.54, 1.807) is 0 Å². The molecule has 0 radical (unpaired) electrons. The SMILES string of the molecule is COc1cccc(C(F)(F)C(=O)O)c1O. The third-order valence-electron chi connectivity index (χ3n) is 1.83. The number of methoxy groups -OCH3 is 1. The molecule has 0 spiro atoms. The highest BCUT2D eigenvalue weighted by atomic mass is 19.3. The van der Waals surface area contributed by atoms with Crippen molar-refractivity contribution in [2.45, 2.75) is 5.92 Å². The van der Waals surface area contributed by atoms with Gasteiger partial charge < -0.3 is 14.9 Å². The third kappa shape index (κ3) is 1.83. The first kappa shape index (κ1) is 11.2. The molecule has 0 heterocycles. The van der Waals surface area contributed by atoms with Gasteiger partial charge in [0.05, 0.1) is 12.7 Å². The topological polar surface area (TPSA) is 66.8 Å². The number of carboxylic acid groups (broad SMARTS) is 1. The van der Waals surface area contributed by atoms with Crippen molar-refractivity contribution in [2.24, 2.45) is 0 Å². The van der Waals surface area contributed by atoms with Gasteiger partial charge in [0.15, 0.2) is 11.5 Å². The maximum atomic E-state index is 13.0. The molecule has 82 valence electrons. The molecule has 1 rings (SSSR count). The van der Waals surface area contributed by atoms with Gasteiger partial charge in [0.25, 0.3) is 0 Å². The fraction of sp³-hybridized carbons (Fsp3) is 0.222. The number of aliphatic carboxylic acids is 1. The first-order valence-electron chi connectivity index (χ1n) is 3.89. The number of carboxylic acids is 1. The second-order valence-electron chi connectivity index (χ2n) is 2.74. The van der Waals surface area contributed by atoms with Crippen LogP contribution in [0.2, 0.25) is 0 Å². The molecule has 0 saturated carbocycles. The Morgan fingerprint density at radius 1 is 1.47 bits per heavy atom. The minimum atomic E-state index is -4.14. The summed E-state index contributed by atoms with van der Waals surface area (Å²) in [5.74, 6) is -7.54. The lowest BCUT2D eigenvalue weighted by Gasteiger charge is -2.14. The number of hydrogen-bond acceptors (Lipinski definition) is 3. The van der Waals surface area contributed by atoms with Gasteiger partial charge in [0.2, 0.25) is 0 Å². The maximum absolute atomic E-state index is 13.0. The summed E-state index contributed by atoms with van der Waals surface area (Å²) in [4.78, 5) is 10.3. The zero-order chi connectivity index (χ0) is 11.6. The van der Waals surface area contributed by atoms with E-state index in [1.807, 2.05) is 0 Å². The van der Waals surface area contributed by atoms with Crippen molar-refractivity contribution in [2.75, 3.05) is 7.11 Å². The Hall–Kier alpha value is -1.85. The Balaban J connectivity index is 3.32. The first-order chi connectivity index (χ1) is 6.91. The number of carbonyl (C=O) groups is 1. The van der Waals surface area contributed by atoms with E-state index in [1.165, 1.54) is 19.2 Å². The first-order valence-corrected chi connectivity index (χ1v) is 3.89. The second-order valence-corrected chi connectivity index (χ2v) is 2.74. The number of phenolic OH excluding ortho intramolecular Hbond substituents is 1. The molecule has 0 aliphatic heterocycles. The summed E-state index contributed by atoms with van der Waals surface area (Å²) in [6.07, 6.45) is 0. The molecule has 4 nitrogen and oxygen atoms in total. The number of phenols is 1. The van der Waals surface area contributed by atoms with E-state index in [0.717, 1.165) is 6.07 Å². The monoisotopic (exact) mass is 218 g/mol. The average molecular weight is 218 g/mol. The lowest BCUT2D eigenvalue weighted by molar-refractivity contribution is -0.166. The molecule has 6 heteroatoms. The van der Waals surface area contributed by atoms with Gasteiger partial charge in [-0.15, -0.1) is 0 Å². The van der Waals surface area contributed by atoms with Crippen LogP contribution in [0, 0.1) is 0 Å².